The molecule has 1 aliphatic heterocycles. The zero-order valence-corrected chi connectivity index (χ0v) is 12.1. The summed E-state index contributed by atoms with van der Waals surface area (Å²) < 4.78 is 20.4. The molecule has 3 rings (SSSR count). The van der Waals surface area contributed by atoms with Crippen molar-refractivity contribution in [1.29, 1.82) is 0 Å². The molecule has 2 aromatic carbocycles. The molecule has 1 heterocycles. The lowest BCUT2D eigenvalue weighted by atomic mass is 10.1. The van der Waals surface area contributed by atoms with Gasteiger partial charge < -0.3 is 10.1 Å². The zero-order chi connectivity index (χ0) is 13.4. The highest BCUT2D eigenvalue weighted by molar-refractivity contribution is 9.10. The number of rotatable bonds is 1. The summed E-state index contributed by atoms with van der Waals surface area (Å²) in [5.41, 5.74) is 1.37. The van der Waals surface area contributed by atoms with E-state index in [1.54, 1.807) is 30.3 Å². The van der Waals surface area contributed by atoms with Crippen LogP contribution in [0.15, 0.2) is 40.9 Å². The second-order valence-corrected chi connectivity index (χ2v) is 5.65. The SMILES string of the molecule is Fc1cc(Br)ccc1C1CNc2cc(Cl)ccc2O1. The molecule has 0 saturated carbocycles. The number of hydrogen-bond donors (Lipinski definition) is 1. The van der Waals surface area contributed by atoms with Crippen molar-refractivity contribution in [3.63, 3.8) is 0 Å². The topological polar surface area (TPSA) is 21.3 Å². The van der Waals surface area contributed by atoms with E-state index in [2.05, 4.69) is 21.2 Å². The van der Waals surface area contributed by atoms with Gasteiger partial charge in [-0.15, -0.1) is 0 Å². The van der Waals surface area contributed by atoms with Gasteiger partial charge in [0.15, 0.2) is 0 Å². The molecule has 0 aliphatic carbocycles. The third-order valence-electron chi connectivity index (χ3n) is 3.00. The summed E-state index contributed by atoms with van der Waals surface area (Å²) in [4.78, 5) is 0. The van der Waals surface area contributed by atoms with Crippen LogP contribution in [0.5, 0.6) is 5.75 Å². The molecule has 0 spiro atoms. The van der Waals surface area contributed by atoms with Gasteiger partial charge in [0.2, 0.25) is 0 Å². The minimum Gasteiger partial charge on any atom is -0.482 e. The third kappa shape index (κ3) is 2.55. The highest BCUT2D eigenvalue weighted by Crippen LogP contribution is 2.36. The van der Waals surface area contributed by atoms with E-state index in [0.29, 0.717) is 27.4 Å². The van der Waals surface area contributed by atoms with Crippen LogP contribution in [0.2, 0.25) is 5.02 Å². The van der Waals surface area contributed by atoms with Gasteiger partial charge >= 0.3 is 0 Å². The molecular formula is C14H10BrClFNO. The fraction of sp³-hybridized carbons (Fsp3) is 0.143. The number of hydrogen-bond acceptors (Lipinski definition) is 2. The molecule has 0 fully saturated rings. The van der Waals surface area contributed by atoms with Crippen molar-refractivity contribution >= 4 is 33.2 Å². The molecule has 2 aromatic rings. The van der Waals surface area contributed by atoms with Crippen LogP contribution in [0.25, 0.3) is 0 Å². The van der Waals surface area contributed by atoms with Gasteiger partial charge in [0.25, 0.3) is 0 Å². The van der Waals surface area contributed by atoms with E-state index in [1.165, 1.54) is 6.07 Å². The van der Waals surface area contributed by atoms with Gasteiger partial charge in [0.05, 0.1) is 12.2 Å². The van der Waals surface area contributed by atoms with Crippen molar-refractivity contribution in [2.45, 2.75) is 6.10 Å². The molecule has 1 aliphatic rings. The number of ether oxygens (including phenoxy) is 1. The van der Waals surface area contributed by atoms with E-state index in [1.807, 2.05) is 0 Å². The largest absolute Gasteiger partial charge is 0.482 e. The van der Waals surface area contributed by atoms with E-state index in [0.717, 1.165) is 5.69 Å². The molecule has 0 bridgehead atoms. The molecule has 1 atom stereocenters. The summed E-state index contributed by atoms with van der Waals surface area (Å²) >= 11 is 9.15. The van der Waals surface area contributed by atoms with E-state index in [-0.39, 0.29) is 11.9 Å². The molecule has 0 radical (unpaired) electrons. The Balaban J connectivity index is 1.91. The summed E-state index contributed by atoms with van der Waals surface area (Å²) in [5.74, 6) is 0.404. The quantitative estimate of drug-likeness (QED) is 0.805. The first kappa shape index (κ1) is 12.8. The summed E-state index contributed by atoms with van der Waals surface area (Å²) in [7, 11) is 0. The van der Waals surface area contributed by atoms with Gasteiger partial charge in [-0.1, -0.05) is 33.6 Å². The van der Waals surface area contributed by atoms with Gasteiger partial charge in [-0.3, -0.25) is 0 Å². The highest BCUT2D eigenvalue weighted by Gasteiger charge is 2.23. The zero-order valence-electron chi connectivity index (χ0n) is 9.79. The van der Waals surface area contributed by atoms with E-state index in [4.69, 9.17) is 16.3 Å². The maximum Gasteiger partial charge on any atom is 0.144 e. The monoisotopic (exact) mass is 341 g/mol. The summed E-state index contributed by atoms with van der Waals surface area (Å²) in [6.45, 7) is 0.506. The fourth-order valence-corrected chi connectivity index (χ4v) is 2.58. The number of nitrogens with one attached hydrogen (secondary N) is 1. The van der Waals surface area contributed by atoms with E-state index >= 15 is 0 Å². The maximum absolute atomic E-state index is 13.9. The van der Waals surface area contributed by atoms with Crippen molar-refractivity contribution in [2.24, 2.45) is 0 Å². The molecule has 0 aromatic heterocycles. The Hall–Kier alpha value is -1.26. The van der Waals surface area contributed by atoms with Crippen molar-refractivity contribution < 1.29 is 9.13 Å². The van der Waals surface area contributed by atoms with Crippen LogP contribution in [-0.2, 0) is 0 Å². The molecular weight excluding hydrogens is 333 g/mol. The van der Waals surface area contributed by atoms with Gasteiger partial charge in [-0.05, 0) is 30.3 Å². The molecule has 1 unspecified atom stereocenters. The van der Waals surface area contributed by atoms with Crippen molar-refractivity contribution in [3.8, 4) is 5.75 Å². The number of fused-ring (bicyclic) bond motifs is 1. The Labute approximate surface area is 123 Å². The minimum atomic E-state index is -0.346. The van der Waals surface area contributed by atoms with Crippen molar-refractivity contribution in [1.82, 2.24) is 0 Å². The number of halogens is 3. The van der Waals surface area contributed by atoms with Crippen LogP contribution in [0.4, 0.5) is 10.1 Å². The minimum absolute atomic E-state index is 0.279. The lowest BCUT2D eigenvalue weighted by molar-refractivity contribution is 0.205. The summed E-state index contributed by atoms with van der Waals surface area (Å²) in [5, 5.41) is 3.85. The second-order valence-electron chi connectivity index (χ2n) is 4.29. The summed E-state index contributed by atoms with van der Waals surface area (Å²) in [6.07, 6.45) is -0.346. The lowest BCUT2D eigenvalue weighted by Crippen LogP contribution is -2.24. The smallest absolute Gasteiger partial charge is 0.144 e. The van der Waals surface area contributed by atoms with Crippen molar-refractivity contribution in [2.75, 3.05) is 11.9 Å². The van der Waals surface area contributed by atoms with Crippen LogP contribution >= 0.6 is 27.5 Å². The Morgan fingerprint density at radius 1 is 1.26 bits per heavy atom. The third-order valence-corrected chi connectivity index (χ3v) is 3.73. The predicted octanol–water partition coefficient (Wildman–Crippen LogP) is 4.79. The molecule has 1 N–H and O–H groups in total. The molecule has 98 valence electrons. The van der Waals surface area contributed by atoms with Crippen LogP contribution in [-0.4, -0.2) is 6.54 Å². The van der Waals surface area contributed by atoms with Crippen LogP contribution in [0.3, 0.4) is 0 Å². The van der Waals surface area contributed by atoms with Gasteiger partial charge in [-0.2, -0.15) is 0 Å². The summed E-state index contributed by atoms with van der Waals surface area (Å²) in [6, 6.07) is 10.3. The fourth-order valence-electron chi connectivity index (χ4n) is 2.08. The van der Waals surface area contributed by atoms with Gasteiger partial charge in [0.1, 0.15) is 17.7 Å². The van der Waals surface area contributed by atoms with Crippen LogP contribution in [0.1, 0.15) is 11.7 Å². The average Bonchev–Trinajstić information content (AvgIpc) is 2.38. The van der Waals surface area contributed by atoms with E-state index in [9.17, 15) is 4.39 Å². The maximum atomic E-state index is 13.9. The van der Waals surface area contributed by atoms with Crippen LogP contribution in [0, 0.1) is 5.82 Å². The number of benzene rings is 2. The van der Waals surface area contributed by atoms with E-state index < -0.39 is 0 Å². The number of anilines is 1. The molecule has 19 heavy (non-hydrogen) atoms. The molecule has 5 heteroatoms. The molecule has 0 saturated heterocycles. The Bertz CT molecular complexity index is 635. The standard InChI is InChI=1S/C14H10BrClFNO/c15-8-1-3-10(11(17)5-8)14-7-18-12-6-9(16)2-4-13(12)19-14/h1-6,14,18H,7H2. The Kier molecular flexibility index (Phi) is 3.37. The first-order chi connectivity index (χ1) is 9.13. The van der Waals surface area contributed by atoms with Crippen molar-refractivity contribution in [3.05, 3.63) is 57.3 Å². The normalized spacial score (nSPS) is 17.3. The lowest BCUT2D eigenvalue weighted by Gasteiger charge is -2.28. The molecule has 2 nitrogen and oxygen atoms in total. The first-order valence-corrected chi connectivity index (χ1v) is 6.95. The van der Waals surface area contributed by atoms with Crippen LogP contribution < -0.4 is 10.1 Å². The Morgan fingerprint density at radius 2 is 2.11 bits per heavy atom. The second kappa shape index (κ2) is 5.02. The predicted molar refractivity (Wildman–Crippen MR) is 77.4 cm³/mol. The first-order valence-electron chi connectivity index (χ1n) is 5.78. The average molecular weight is 343 g/mol. The van der Waals surface area contributed by atoms with Gasteiger partial charge in [0, 0.05) is 15.1 Å². The van der Waals surface area contributed by atoms with Gasteiger partial charge in [-0.25, -0.2) is 4.39 Å². The molecule has 0 amide bonds. The highest BCUT2D eigenvalue weighted by atomic mass is 79.9. The Morgan fingerprint density at radius 3 is 2.89 bits per heavy atom.